The van der Waals surface area contributed by atoms with E-state index >= 15 is 0 Å². The third-order valence-electron chi connectivity index (χ3n) is 1.96. The molecule has 0 fully saturated rings. The Labute approximate surface area is 77.9 Å². The van der Waals surface area contributed by atoms with Crippen molar-refractivity contribution in [2.75, 3.05) is 0 Å². The molecule has 0 aliphatic heterocycles. The number of aryl methyl sites for hydroxylation is 1. The highest BCUT2D eigenvalue weighted by Gasteiger charge is 1.94. The summed E-state index contributed by atoms with van der Waals surface area (Å²) in [5, 5.41) is 0. The van der Waals surface area contributed by atoms with Gasteiger partial charge in [0, 0.05) is 18.1 Å². The summed E-state index contributed by atoms with van der Waals surface area (Å²) in [6.45, 7) is 2.87. The number of rotatable bonds is 2. The van der Waals surface area contributed by atoms with Gasteiger partial charge in [0.1, 0.15) is 0 Å². The zero-order valence-corrected chi connectivity index (χ0v) is 7.64. The smallest absolute Gasteiger partial charge is 0.0642 e. The molecule has 2 heteroatoms. The molecule has 2 rings (SSSR count). The quantitative estimate of drug-likeness (QED) is 0.679. The highest BCUT2D eigenvalue weighted by molar-refractivity contribution is 5.10. The molecular formula is C11H12N2. The first-order chi connectivity index (χ1) is 6.34. The van der Waals surface area contributed by atoms with Gasteiger partial charge in [-0.2, -0.15) is 0 Å². The average molecular weight is 172 g/mol. The van der Waals surface area contributed by atoms with Gasteiger partial charge in [0.15, 0.2) is 0 Å². The minimum Gasteiger partial charge on any atom is -0.348 e. The van der Waals surface area contributed by atoms with Crippen molar-refractivity contribution in [3.05, 3.63) is 54.1 Å². The van der Waals surface area contributed by atoms with E-state index in [1.807, 2.05) is 49.6 Å². The number of hydrogen-bond acceptors (Lipinski definition) is 1. The molecule has 0 unspecified atom stereocenters. The molecule has 0 saturated heterocycles. The second-order valence-corrected chi connectivity index (χ2v) is 3.13. The van der Waals surface area contributed by atoms with Crippen LogP contribution >= 0.6 is 0 Å². The molecule has 0 saturated carbocycles. The Kier molecular flexibility index (Phi) is 2.13. The van der Waals surface area contributed by atoms with Gasteiger partial charge in [-0.1, -0.05) is 6.07 Å². The fourth-order valence-electron chi connectivity index (χ4n) is 1.35. The lowest BCUT2D eigenvalue weighted by atomic mass is 10.3. The lowest BCUT2D eigenvalue weighted by Crippen LogP contribution is -1.99. The molecule has 0 aliphatic carbocycles. The minimum atomic E-state index is 0.856. The topological polar surface area (TPSA) is 17.8 Å². The highest BCUT2D eigenvalue weighted by Crippen LogP contribution is 2.01. The zero-order valence-electron chi connectivity index (χ0n) is 7.64. The number of pyridine rings is 1. The Morgan fingerprint density at radius 3 is 2.62 bits per heavy atom. The van der Waals surface area contributed by atoms with E-state index in [9.17, 15) is 0 Å². The van der Waals surface area contributed by atoms with Gasteiger partial charge in [-0.3, -0.25) is 4.98 Å². The van der Waals surface area contributed by atoms with Gasteiger partial charge < -0.3 is 4.57 Å². The van der Waals surface area contributed by atoms with Crippen LogP contribution in [0.5, 0.6) is 0 Å². The Morgan fingerprint density at radius 2 is 1.92 bits per heavy atom. The zero-order chi connectivity index (χ0) is 9.10. The molecule has 0 radical (unpaired) electrons. The number of nitrogens with zero attached hydrogens (tertiary/aromatic N) is 2. The molecule has 0 aromatic carbocycles. The number of hydrogen-bond donors (Lipinski definition) is 0. The van der Waals surface area contributed by atoms with Crippen molar-refractivity contribution in [1.29, 1.82) is 0 Å². The third kappa shape index (κ3) is 1.96. The largest absolute Gasteiger partial charge is 0.348 e. The van der Waals surface area contributed by atoms with E-state index < -0.39 is 0 Å². The second kappa shape index (κ2) is 3.44. The predicted molar refractivity (Wildman–Crippen MR) is 52.5 cm³/mol. The summed E-state index contributed by atoms with van der Waals surface area (Å²) < 4.78 is 2.11. The van der Waals surface area contributed by atoms with E-state index in [0.717, 1.165) is 17.9 Å². The SMILES string of the molecule is Cc1cccc(Cn2cccc2)n1. The Bertz CT molecular complexity index is 377. The molecule has 0 bridgehead atoms. The molecule has 0 aliphatic rings. The molecule has 2 aromatic rings. The molecule has 0 amide bonds. The van der Waals surface area contributed by atoms with Crippen molar-refractivity contribution in [2.45, 2.75) is 13.5 Å². The highest BCUT2D eigenvalue weighted by atomic mass is 14.9. The summed E-state index contributed by atoms with van der Waals surface area (Å²) in [5.74, 6) is 0. The van der Waals surface area contributed by atoms with E-state index in [-0.39, 0.29) is 0 Å². The average Bonchev–Trinajstić information content (AvgIpc) is 2.57. The maximum atomic E-state index is 4.43. The van der Waals surface area contributed by atoms with E-state index in [1.54, 1.807) is 0 Å². The summed E-state index contributed by atoms with van der Waals surface area (Å²) in [5.41, 5.74) is 2.18. The molecule has 0 N–H and O–H groups in total. The fraction of sp³-hybridized carbons (Fsp3) is 0.182. The van der Waals surface area contributed by atoms with Crippen LogP contribution in [0.4, 0.5) is 0 Å². The van der Waals surface area contributed by atoms with Gasteiger partial charge in [0.05, 0.1) is 12.2 Å². The van der Waals surface area contributed by atoms with Crippen molar-refractivity contribution < 1.29 is 0 Å². The number of aromatic nitrogens is 2. The molecular weight excluding hydrogens is 160 g/mol. The van der Waals surface area contributed by atoms with Crippen molar-refractivity contribution in [1.82, 2.24) is 9.55 Å². The molecule has 2 heterocycles. The molecule has 0 spiro atoms. The van der Waals surface area contributed by atoms with Crippen molar-refractivity contribution in [3.8, 4) is 0 Å². The lowest BCUT2D eigenvalue weighted by molar-refractivity contribution is 0.777. The minimum absolute atomic E-state index is 0.856. The first kappa shape index (κ1) is 8.05. The van der Waals surface area contributed by atoms with Crippen LogP contribution in [0.1, 0.15) is 11.4 Å². The predicted octanol–water partition coefficient (Wildman–Crippen LogP) is 2.24. The second-order valence-electron chi connectivity index (χ2n) is 3.13. The Balaban J connectivity index is 2.19. The molecule has 13 heavy (non-hydrogen) atoms. The van der Waals surface area contributed by atoms with Crippen LogP contribution in [0.25, 0.3) is 0 Å². The van der Waals surface area contributed by atoms with E-state index in [0.29, 0.717) is 0 Å². The first-order valence-corrected chi connectivity index (χ1v) is 4.38. The van der Waals surface area contributed by atoms with Gasteiger partial charge in [0.2, 0.25) is 0 Å². The van der Waals surface area contributed by atoms with E-state index in [1.165, 1.54) is 0 Å². The summed E-state index contributed by atoms with van der Waals surface area (Å²) >= 11 is 0. The normalized spacial score (nSPS) is 10.2. The first-order valence-electron chi connectivity index (χ1n) is 4.38. The molecule has 0 atom stereocenters. The Morgan fingerprint density at radius 1 is 1.15 bits per heavy atom. The summed E-state index contributed by atoms with van der Waals surface area (Å²) in [6, 6.07) is 10.2. The molecule has 2 aromatic heterocycles. The van der Waals surface area contributed by atoms with Gasteiger partial charge in [0.25, 0.3) is 0 Å². The van der Waals surface area contributed by atoms with Gasteiger partial charge >= 0.3 is 0 Å². The van der Waals surface area contributed by atoms with E-state index in [4.69, 9.17) is 0 Å². The van der Waals surface area contributed by atoms with Gasteiger partial charge in [-0.15, -0.1) is 0 Å². The van der Waals surface area contributed by atoms with Crippen LogP contribution in [-0.2, 0) is 6.54 Å². The van der Waals surface area contributed by atoms with Crippen molar-refractivity contribution in [3.63, 3.8) is 0 Å². The maximum Gasteiger partial charge on any atom is 0.0642 e. The monoisotopic (exact) mass is 172 g/mol. The summed E-state index contributed by atoms with van der Waals surface area (Å²) in [4.78, 5) is 4.43. The summed E-state index contributed by atoms with van der Waals surface area (Å²) in [7, 11) is 0. The van der Waals surface area contributed by atoms with Crippen LogP contribution in [0.2, 0.25) is 0 Å². The third-order valence-corrected chi connectivity index (χ3v) is 1.96. The Hall–Kier alpha value is -1.57. The van der Waals surface area contributed by atoms with Gasteiger partial charge in [-0.05, 0) is 31.2 Å². The van der Waals surface area contributed by atoms with E-state index in [2.05, 4.69) is 9.55 Å². The summed E-state index contributed by atoms with van der Waals surface area (Å²) in [6.07, 6.45) is 4.09. The fourth-order valence-corrected chi connectivity index (χ4v) is 1.35. The van der Waals surface area contributed by atoms with Crippen LogP contribution < -0.4 is 0 Å². The van der Waals surface area contributed by atoms with Crippen LogP contribution in [-0.4, -0.2) is 9.55 Å². The lowest BCUT2D eigenvalue weighted by Gasteiger charge is -2.02. The van der Waals surface area contributed by atoms with Crippen LogP contribution in [0, 0.1) is 6.92 Å². The standard InChI is InChI=1S/C11H12N2/c1-10-5-4-6-11(12-10)9-13-7-2-3-8-13/h2-8H,9H2,1H3. The van der Waals surface area contributed by atoms with Crippen molar-refractivity contribution in [2.24, 2.45) is 0 Å². The molecule has 66 valence electrons. The maximum absolute atomic E-state index is 4.43. The van der Waals surface area contributed by atoms with Crippen molar-refractivity contribution >= 4 is 0 Å². The molecule has 2 nitrogen and oxygen atoms in total. The van der Waals surface area contributed by atoms with Crippen LogP contribution in [0.3, 0.4) is 0 Å². The van der Waals surface area contributed by atoms with Gasteiger partial charge in [-0.25, -0.2) is 0 Å². The van der Waals surface area contributed by atoms with Crippen LogP contribution in [0.15, 0.2) is 42.7 Å².